The summed E-state index contributed by atoms with van der Waals surface area (Å²) in [5.74, 6) is 0. The molecule has 0 fully saturated rings. The zero-order valence-corrected chi connectivity index (χ0v) is 27.6. The largest absolute Gasteiger partial charge is 0.454 e. The number of fused-ring (bicyclic) bond motifs is 9. The average Bonchev–Trinajstić information content (AvgIpc) is 3.85. The topological polar surface area (TPSA) is 23.0 Å². The molecule has 0 atom stereocenters. The van der Waals surface area contributed by atoms with Gasteiger partial charge in [0.05, 0.1) is 27.8 Å². The highest BCUT2D eigenvalue weighted by atomic mass is 16.3. The van der Waals surface area contributed by atoms with Gasteiger partial charge in [-0.3, -0.25) is 0 Å². The Morgan fingerprint density at radius 3 is 1.69 bits per heavy atom. The maximum Gasteiger partial charge on any atom is 0.159 e. The molecular formula is C48H30N2O. The van der Waals surface area contributed by atoms with Gasteiger partial charge in [0.25, 0.3) is 0 Å². The Bertz CT molecular complexity index is 3130. The van der Waals surface area contributed by atoms with Crippen LogP contribution in [0.1, 0.15) is 0 Å². The second kappa shape index (κ2) is 10.8. The highest BCUT2D eigenvalue weighted by Gasteiger charge is 2.20. The van der Waals surface area contributed by atoms with Crippen molar-refractivity contribution in [3.63, 3.8) is 0 Å². The number of hydrogen-bond acceptors (Lipinski definition) is 1. The lowest BCUT2D eigenvalue weighted by atomic mass is 10.0. The number of benzene rings is 8. The molecule has 0 saturated heterocycles. The van der Waals surface area contributed by atoms with Gasteiger partial charge in [-0.25, -0.2) is 0 Å². The van der Waals surface area contributed by atoms with Gasteiger partial charge in [-0.05, 0) is 82.9 Å². The molecule has 0 unspecified atom stereocenters. The Balaban J connectivity index is 1.16. The molecule has 8 aromatic carbocycles. The van der Waals surface area contributed by atoms with Crippen LogP contribution >= 0.6 is 0 Å². The Kier molecular flexibility index (Phi) is 5.96. The fourth-order valence-corrected chi connectivity index (χ4v) is 8.19. The van der Waals surface area contributed by atoms with Crippen LogP contribution in [0.25, 0.3) is 99.2 Å². The van der Waals surface area contributed by atoms with E-state index >= 15 is 0 Å². The summed E-state index contributed by atoms with van der Waals surface area (Å²) in [6.45, 7) is 0. The second-order valence-corrected chi connectivity index (χ2v) is 13.3. The molecule has 0 N–H and O–H groups in total. The highest BCUT2D eigenvalue weighted by molar-refractivity contribution is 6.15. The first-order valence-corrected chi connectivity index (χ1v) is 17.4. The van der Waals surface area contributed by atoms with Crippen LogP contribution in [0.15, 0.2) is 186 Å². The lowest BCUT2D eigenvalue weighted by Crippen LogP contribution is -1.96. The molecule has 0 spiro atoms. The van der Waals surface area contributed by atoms with E-state index in [9.17, 15) is 0 Å². The average molecular weight is 651 g/mol. The molecule has 3 heteroatoms. The van der Waals surface area contributed by atoms with Crippen LogP contribution in [0.2, 0.25) is 0 Å². The van der Waals surface area contributed by atoms with Crippen molar-refractivity contribution in [1.82, 2.24) is 9.13 Å². The molecule has 0 amide bonds. The standard InChI is InChI=1S/C48H30N2O/c1-3-13-31(14-4-1)34-28-41-39-19-9-12-22-47(39)51-48(41)46(30-34)50-43-21-11-8-18-37(43)40-27-32(24-26-44(40)50)33-23-25-38-36-17-7-10-20-42(36)49(45(38)29-33)35-15-5-2-6-16-35/h1-30H. The van der Waals surface area contributed by atoms with Crippen molar-refractivity contribution in [1.29, 1.82) is 0 Å². The summed E-state index contributed by atoms with van der Waals surface area (Å²) in [5.41, 5.74) is 13.4. The number of nitrogens with zero attached hydrogens (tertiary/aromatic N) is 2. The maximum atomic E-state index is 6.68. The van der Waals surface area contributed by atoms with E-state index in [1.54, 1.807) is 0 Å². The molecule has 0 aliphatic heterocycles. The molecule has 0 aliphatic carbocycles. The van der Waals surface area contributed by atoms with Crippen molar-refractivity contribution in [2.45, 2.75) is 0 Å². The van der Waals surface area contributed by atoms with Crippen molar-refractivity contribution in [2.75, 3.05) is 0 Å². The third kappa shape index (κ3) is 4.19. The second-order valence-electron chi connectivity index (χ2n) is 13.3. The van der Waals surface area contributed by atoms with E-state index in [4.69, 9.17) is 4.42 Å². The van der Waals surface area contributed by atoms with Crippen LogP contribution in [0.3, 0.4) is 0 Å². The van der Waals surface area contributed by atoms with E-state index in [0.29, 0.717) is 0 Å². The van der Waals surface area contributed by atoms with Crippen molar-refractivity contribution < 1.29 is 4.42 Å². The van der Waals surface area contributed by atoms with E-state index in [0.717, 1.165) is 49.9 Å². The molecule has 11 rings (SSSR count). The normalized spacial score (nSPS) is 11.9. The molecule has 11 aromatic rings. The first-order valence-electron chi connectivity index (χ1n) is 17.4. The molecule has 0 bridgehead atoms. The Hall–Kier alpha value is -6.84. The minimum absolute atomic E-state index is 0.891. The van der Waals surface area contributed by atoms with Crippen LogP contribution in [0.5, 0.6) is 0 Å². The van der Waals surface area contributed by atoms with Gasteiger partial charge in [-0.1, -0.05) is 121 Å². The van der Waals surface area contributed by atoms with Gasteiger partial charge in [0, 0.05) is 38.0 Å². The van der Waals surface area contributed by atoms with Crippen molar-refractivity contribution in [3.05, 3.63) is 182 Å². The summed E-state index contributed by atoms with van der Waals surface area (Å²) in [4.78, 5) is 0. The zero-order chi connectivity index (χ0) is 33.5. The van der Waals surface area contributed by atoms with Crippen molar-refractivity contribution in [3.8, 4) is 33.6 Å². The van der Waals surface area contributed by atoms with Gasteiger partial charge in [-0.2, -0.15) is 0 Å². The minimum atomic E-state index is 0.891. The van der Waals surface area contributed by atoms with Crippen molar-refractivity contribution >= 4 is 65.6 Å². The predicted molar refractivity (Wildman–Crippen MR) is 213 cm³/mol. The van der Waals surface area contributed by atoms with Gasteiger partial charge in [-0.15, -0.1) is 0 Å². The molecule has 51 heavy (non-hydrogen) atoms. The van der Waals surface area contributed by atoms with E-state index in [2.05, 4.69) is 185 Å². The van der Waals surface area contributed by atoms with Crippen LogP contribution in [-0.2, 0) is 0 Å². The summed E-state index contributed by atoms with van der Waals surface area (Å²) in [6, 6.07) is 65.5. The van der Waals surface area contributed by atoms with Gasteiger partial charge >= 0.3 is 0 Å². The summed E-state index contributed by atoms with van der Waals surface area (Å²) >= 11 is 0. The first kappa shape index (κ1) is 28.0. The van der Waals surface area contributed by atoms with Gasteiger partial charge in [0.2, 0.25) is 0 Å². The van der Waals surface area contributed by atoms with E-state index < -0.39 is 0 Å². The van der Waals surface area contributed by atoms with Crippen molar-refractivity contribution in [2.24, 2.45) is 0 Å². The minimum Gasteiger partial charge on any atom is -0.454 e. The van der Waals surface area contributed by atoms with Gasteiger partial charge in [0.15, 0.2) is 5.58 Å². The third-order valence-corrected chi connectivity index (χ3v) is 10.5. The monoisotopic (exact) mass is 650 g/mol. The Morgan fingerprint density at radius 1 is 0.314 bits per heavy atom. The number of hydrogen-bond donors (Lipinski definition) is 0. The molecule has 3 heterocycles. The summed E-state index contributed by atoms with van der Waals surface area (Å²) in [5, 5.41) is 7.17. The fourth-order valence-electron chi connectivity index (χ4n) is 8.19. The molecule has 0 saturated carbocycles. The highest BCUT2D eigenvalue weighted by Crippen LogP contribution is 2.42. The number of furan rings is 1. The molecule has 238 valence electrons. The smallest absolute Gasteiger partial charge is 0.159 e. The van der Waals surface area contributed by atoms with E-state index in [1.807, 2.05) is 6.07 Å². The predicted octanol–water partition coefficient (Wildman–Crippen LogP) is 13.1. The van der Waals surface area contributed by atoms with Gasteiger partial charge < -0.3 is 13.6 Å². The molecule has 0 radical (unpaired) electrons. The Morgan fingerprint density at radius 2 is 0.882 bits per heavy atom. The summed E-state index contributed by atoms with van der Waals surface area (Å²) < 4.78 is 11.5. The zero-order valence-electron chi connectivity index (χ0n) is 27.6. The quantitative estimate of drug-likeness (QED) is 0.186. The molecule has 0 aliphatic rings. The van der Waals surface area contributed by atoms with Gasteiger partial charge in [0.1, 0.15) is 5.58 Å². The fraction of sp³-hybridized carbons (Fsp3) is 0. The lowest BCUT2D eigenvalue weighted by molar-refractivity contribution is 0.666. The number of aromatic nitrogens is 2. The van der Waals surface area contributed by atoms with Crippen LogP contribution in [0, 0.1) is 0 Å². The first-order chi connectivity index (χ1) is 25.3. The Labute approximate surface area is 293 Å². The van der Waals surface area contributed by atoms with Crippen LogP contribution in [0.4, 0.5) is 0 Å². The molecular weight excluding hydrogens is 621 g/mol. The third-order valence-electron chi connectivity index (χ3n) is 10.5. The van der Waals surface area contributed by atoms with E-state index in [-0.39, 0.29) is 0 Å². The maximum absolute atomic E-state index is 6.68. The number of para-hydroxylation sites is 4. The summed E-state index contributed by atoms with van der Waals surface area (Å²) in [7, 11) is 0. The van der Waals surface area contributed by atoms with E-state index in [1.165, 1.54) is 49.3 Å². The SMILES string of the molecule is c1ccc(-c2cc(-n3c4ccccc4c4cc(-c5ccc6c7ccccc7n(-c7ccccc7)c6c5)ccc43)c3oc4ccccc4c3c2)cc1. The molecule has 3 nitrogen and oxygen atoms in total. The number of rotatable bonds is 4. The van der Waals surface area contributed by atoms with Crippen LogP contribution < -0.4 is 0 Å². The summed E-state index contributed by atoms with van der Waals surface area (Å²) in [6.07, 6.45) is 0. The lowest BCUT2D eigenvalue weighted by Gasteiger charge is -2.12. The van der Waals surface area contributed by atoms with Crippen LogP contribution in [-0.4, -0.2) is 9.13 Å². The molecule has 3 aromatic heterocycles.